The number of halogens is 2. The lowest BCUT2D eigenvalue weighted by Gasteiger charge is -1.96. The van der Waals surface area contributed by atoms with E-state index in [0.29, 0.717) is 22.4 Å². The summed E-state index contributed by atoms with van der Waals surface area (Å²) in [6.07, 6.45) is 3.42. The van der Waals surface area contributed by atoms with Gasteiger partial charge in [-0.3, -0.25) is 0 Å². The Morgan fingerprint density at radius 2 is 2.05 bits per heavy atom. The van der Waals surface area contributed by atoms with Crippen molar-refractivity contribution in [1.82, 2.24) is 9.97 Å². The average Bonchev–Trinajstić information content (AvgIpc) is 2.85. The van der Waals surface area contributed by atoms with Gasteiger partial charge in [0.2, 0.25) is 0 Å². The molecule has 0 radical (unpaired) electrons. The second-order valence-corrected chi connectivity index (χ2v) is 5.06. The van der Waals surface area contributed by atoms with Crippen LogP contribution in [0.2, 0.25) is 10.0 Å². The monoisotopic (exact) mass is 304 g/mol. The molecule has 6 heteroatoms. The van der Waals surface area contributed by atoms with E-state index in [1.54, 1.807) is 6.07 Å². The van der Waals surface area contributed by atoms with Crippen LogP contribution in [0.1, 0.15) is 5.56 Å². The van der Waals surface area contributed by atoms with Gasteiger partial charge in [-0.2, -0.15) is 5.11 Å². The highest BCUT2D eigenvalue weighted by Gasteiger charge is 2.03. The molecule has 0 amide bonds. The Hall–Kier alpha value is -1.91. The SMILES string of the molecule is Clc1cnc(N=NCc2c[nH]c3ccccc23)c(Cl)c1. The first kappa shape index (κ1) is 13.1. The number of benzene rings is 1. The van der Waals surface area contributed by atoms with Gasteiger partial charge in [-0.25, -0.2) is 4.98 Å². The van der Waals surface area contributed by atoms with Crippen LogP contribution in [0, 0.1) is 0 Å². The third-order valence-electron chi connectivity index (χ3n) is 2.87. The number of aromatic nitrogens is 2. The second-order valence-electron chi connectivity index (χ2n) is 4.22. The van der Waals surface area contributed by atoms with Gasteiger partial charge in [0, 0.05) is 28.9 Å². The van der Waals surface area contributed by atoms with Crippen LogP contribution in [0.3, 0.4) is 0 Å². The van der Waals surface area contributed by atoms with Crippen LogP contribution >= 0.6 is 23.2 Å². The maximum Gasteiger partial charge on any atom is 0.192 e. The highest BCUT2D eigenvalue weighted by atomic mass is 35.5. The predicted octanol–water partition coefficient (Wildman–Crippen LogP) is 5.15. The maximum atomic E-state index is 5.98. The third kappa shape index (κ3) is 2.66. The minimum atomic E-state index is 0.371. The Bertz CT molecular complexity index is 780. The molecule has 0 atom stereocenters. The van der Waals surface area contributed by atoms with Crippen LogP contribution in [0.5, 0.6) is 0 Å². The number of nitrogens with one attached hydrogen (secondary N) is 1. The number of H-pyrrole nitrogens is 1. The molecule has 2 heterocycles. The Balaban J connectivity index is 1.80. The molecule has 0 saturated heterocycles. The van der Waals surface area contributed by atoms with Crippen LogP contribution in [0.15, 0.2) is 53.0 Å². The fourth-order valence-electron chi connectivity index (χ4n) is 1.92. The first-order valence-electron chi connectivity index (χ1n) is 5.97. The summed E-state index contributed by atoms with van der Waals surface area (Å²) in [7, 11) is 0. The zero-order valence-electron chi connectivity index (χ0n) is 10.3. The number of hydrogen-bond donors (Lipinski definition) is 1. The molecule has 0 spiro atoms. The van der Waals surface area contributed by atoms with Crippen molar-refractivity contribution in [2.45, 2.75) is 6.54 Å². The summed E-state index contributed by atoms with van der Waals surface area (Å²) in [5, 5.41) is 10.2. The average molecular weight is 305 g/mol. The van der Waals surface area contributed by atoms with Crippen molar-refractivity contribution in [1.29, 1.82) is 0 Å². The van der Waals surface area contributed by atoms with Crippen LogP contribution < -0.4 is 0 Å². The largest absolute Gasteiger partial charge is 0.361 e. The summed E-state index contributed by atoms with van der Waals surface area (Å²) in [6, 6.07) is 9.64. The molecule has 0 aliphatic heterocycles. The van der Waals surface area contributed by atoms with E-state index in [1.807, 2.05) is 30.5 Å². The smallest absolute Gasteiger partial charge is 0.192 e. The lowest BCUT2D eigenvalue weighted by atomic mass is 10.2. The Kier molecular flexibility index (Phi) is 3.67. The summed E-state index contributed by atoms with van der Waals surface area (Å²) >= 11 is 11.8. The first-order chi connectivity index (χ1) is 9.74. The lowest BCUT2D eigenvalue weighted by molar-refractivity contribution is 0.953. The third-order valence-corrected chi connectivity index (χ3v) is 3.35. The van der Waals surface area contributed by atoms with Crippen molar-refractivity contribution >= 4 is 39.9 Å². The molecule has 2 aromatic heterocycles. The van der Waals surface area contributed by atoms with Crippen molar-refractivity contribution in [3.8, 4) is 0 Å². The highest BCUT2D eigenvalue weighted by Crippen LogP contribution is 2.25. The molecule has 0 unspecified atom stereocenters. The molecule has 0 aliphatic carbocycles. The van der Waals surface area contributed by atoms with Crippen LogP contribution in [-0.4, -0.2) is 9.97 Å². The molecular formula is C14H10Cl2N4. The van der Waals surface area contributed by atoms with Crippen molar-refractivity contribution in [3.05, 3.63) is 58.3 Å². The zero-order valence-corrected chi connectivity index (χ0v) is 11.9. The van der Waals surface area contributed by atoms with Gasteiger partial charge in [-0.1, -0.05) is 41.4 Å². The maximum absolute atomic E-state index is 5.98. The number of nitrogens with zero attached hydrogens (tertiary/aromatic N) is 3. The van der Waals surface area contributed by atoms with Crippen LogP contribution in [-0.2, 0) is 6.54 Å². The summed E-state index contributed by atoms with van der Waals surface area (Å²) in [5.41, 5.74) is 2.16. The topological polar surface area (TPSA) is 53.4 Å². The van der Waals surface area contributed by atoms with Gasteiger partial charge in [0.1, 0.15) is 0 Å². The second kappa shape index (κ2) is 5.61. The predicted molar refractivity (Wildman–Crippen MR) is 80.8 cm³/mol. The van der Waals surface area contributed by atoms with Crippen molar-refractivity contribution in [2.75, 3.05) is 0 Å². The number of para-hydroxylation sites is 1. The molecule has 3 aromatic rings. The Labute approximate surface area is 125 Å². The van der Waals surface area contributed by atoms with Gasteiger partial charge in [0.15, 0.2) is 5.82 Å². The van der Waals surface area contributed by atoms with Crippen molar-refractivity contribution in [3.63, 3.8) is 0 Å². The van der Waals surface area contributed by atoms with E-state index < -0.39 is 0 Å². The number of pyridine rings is 1. The number of azo groups is 1. The van der Waals surface area contributed by atoms with Gasteiger partial charge in [-0.05, 0) is 12.1 Å². The van der Waals surface area contributed by atoms with E-state index in [-0.39, 0.29) is 0 Å². The van der Waals surface area contributed by atoms with Gasteiger partial charge in [-0.15, -0.1) is 5.11 Å². The summed E-state index contributed by atoms with van der Waals surface area (Å²) in [6.45, 7) is 0.463. The number of hydrogen-bond acceptors (Lipinski definition) is 3. The van der Waals surface area contributed by atoms with Gasteiger partial charge in [0.05, 0.1) is 16.6 Å². The Morgan fingerprint density at radius 1 is 1.20 bits per heavy atom. The van der Waals surface area contributed by atoms with E-state index in [9.17, 15) is 0 Å². The molecule has 3 rings (SSSR count). The van der Waals surface area contributed by atoms with E-state index in [1.165, 1.54) is 6.20 Å². The summed E-state index contributed by atoms with van der Waals surface area (Å²) in [4.78, 5) is 7.22. The van der Waals surface area contributed by atoms with Gasteiger partial charge in [0.25, 0.3) is 0 Å². The standard InChI is InChI=1S/C14H10Cl2N4/c15-10-5-12(16)14(18-8-10)20-19-7-9-6-17-13-4-2-1-3-11(9)13/h1-6,8,17H,7H2. The van der Waals surface area contributed by atoms with Gasteiger partial charge < -0.3 is 4.98 Å². The number of fused-ring (bicyclic) bond motifs is 1. The van der Waals surface area contributed by atoms with Crippen LogP contribution in [0.4, 0.5) is 5.82 Å². The minimum absolute atomic E-state index is 0.371. The van der Waals surface area contributed by atoms with E-state index in [2.05, 4.69) is 20.2 Å². The molecular weight excluding hydrogens is 295 g/mol. The summed E-state index contributed by atoms with van der Waals surface area (Å²) < 4.78 is 0. The Morgan fingerprint density at radius 3 is 2.90 bits per heavy atom. The van der Waals surface area contributed by atoms with E-state index in [0.717, 1.165) is 16.5 Å². The van der Waals surface area contributed by atoms with E-state index >= 15 is 0 Å². The molecule has 1 aromatic carbocycles. The fraction of sp³-hybridized carbons (Fsp3) is 0.0714. The van der Waals surface area contributed by atoms with Crippen molar-refractivity contribution < 1.29 is 0 Å². The highest BCUT2D eigenvalue weighted by molar-refractivity contribution is 6.35. The minimum Gasteiger partial charge on any atom is -0.361 e. The summed E-state index contributed by atoms with van der Waals surface area (Å²) in [5.74, 6) is 0.371. The molecule has 4 nitrogen and oxygen atoms in total. The quantitative estimate of drug-likeness (QED) is 0.668. The van der Waals surface area contributed by atoms with Gasteiger partial charge >= 0.3 is 0 Å². The first-order valence-corrected chi connectivity index (χ1v) is 6.73. The zero-order chi connectivity index (χ0) is 13.9. The normalized spacial score (nSPS) is 11.5. The molecule has 1 N–H and O–H groups in total. The fourth-order valence-corrected chi connectivity index (χ4v) is 2.34. The molecule has 0 bridgehead atoms. The lowest BCUT2D eigenvalue weighted by Crippen LogP contribution is -1.79. The molecule has 100 valence electrons. The molecule has 0 fully saturated rings. The number of rotatable bonds is 3. The molecule has 0 saturated carbocycles. The molecule has 0 aliphatic rings. The van der Waals surface area contributed by atoms with E-state index in [4.69, 9.17) is 23.2 Å². The van der Waals surface area contributed by atoms with Crippen LogP contribution in [0.25, 0.3) is 10.9 Å². The number of aromatic amines is 1. The molecule has 20 heavy (non-hydrogen) atoms. The van der Waals surface area contributed by atoms with Crippen molar-refractivity contribution in [2.24, 2.45) is 10.2 Å².